The lowest BCUT2D eigenvalue weighted by Gasteiger charge is -2.19. The van der Waals surface area contributed by atoms with Crippen LogP contribution in [-0.2, 0) is 26.6 Å². The smallest absolute Gasteiger partial charge is 0.410 e. The van der Waals surface area contributed by atoms with Crippen LogP contribution in [0.25, 0.3) is 0 Å². The van der Waals surface area contributed by atoms with Crippen molar-refractivity contribution in [2.45, 2.75) is 31.5 Å². The number of thioether (sulfide) groups is 1. The highest BCUT2D eigenvalue weighted by Gasteiger charge is 2.38. The third-order valence-corrected chi connectivity index (χ3v) is 5.49. The molecule has 1 amide bonds. The second-order valence-electron chi connectivity index (χ2n) is 6.80. The molecule has 29 heavy (non-hydrogen) atoms. The van der Waals surface area contributed by atoms with Crippen molar-refractivity contribution in [1.29, 1.82) is 0 Å². The molecule has 1 aliphatic rings. The fourth-order valence-electron chi connectivity index (χ4n) is 3.11. The molecule has 2 aromatic carbocycles. The Labute approximate surface area is 175 Å². The molecule has 2 atom stereocenters. The molecule has 1 aliphatic heterocycles. The van der Waals surface area contributed by atoms with Crippen LogP contribution in [-0.4, -0.2) is 48.5 Å². The summed E-state index contributed by atoms with van der Waals surface area (Å²) in [6.45, 7) is 2.58. The van der Waals surface area contributed by atoms with Crippen molar-refractivity contribution >= 4 is 23.0 Å². The van der Waals surface area contributed by atoms with Gasteiger partial charge in [-0.25, -0.2) is 4.79 Å². The highest BCUT2D eigenvalue weighted by Crippen LogP contribution is 2.24. The van der Waals surface area contributed by atoms with Crippen LogP contribution in [0.1, 0.15) is 18.1 Å². The molecule has 2 aromatic rings. The van der Waals surface area contributed by atoms with Crippen molar-refractivity contribution in [2.75, 3.05) is 20.2 Å². The molecule has 1 saturated heterocycles. The summed E-state index contributed by atoms with van der Waals surface area (Å²) in [7, 11) is 1.61. The first kappa shape index (κ1) is 21.2. The molecule has 3 rings (SSSR count). The first-order valence-corrected chi connectivity index (χ1v) is 10.4. The monoisotopic (exact) mass is 415 g/mol. The summed E-state index contributed by atoms with van der Waals surface area (Å²) in [5.74, 6) is 1.29. The molecule has 1 heterocycles. The molecule has 6 nitrogen and oxygen atoms in total. The first-order chi connectivity index (χ1) is 14.0. The maximum Gasteiger partial charge on any atom is 0.410 e. The Balaban J connectivity index is 1.56. The lowest BCUT2D eigenvalue weighted by Crippen LogP contribution is -2.32. The van der Waals surface area contributed by atoms with Crippen LogP contribution in [0.4, 0.5) is 4.79 Å². The molecular formula is C22H25NO5S. The molecule has 7 heteroatoms. The topological polar surface area (TPSA) is 65.1 Å². The van der Waals surface area contributed by atoms with Crippen molar-refractivity contribution in [3.05, 3.63) is 65.7 Å². The van der Waals surface area contributed by atoms with Gasteiger partial charge >= 0.3 is 6.09 Å². The van der Waals surface area contributed by atoms with Crippen LogP contribution in [0.5, 0.6) is 5.75 Å². The van der Waals surface area contributed by atoms with Crippen LogP contribution in [0, 0.1) is 0 Å². The predicted octanol–water partition coefficient (Wildman–Crippen LogP) is 3.88. The molecular weight excluding hydrogens is 390 g/mol. The zero-order valence-electron chi connectivity index (χ0n) is 16.6. The SMILES string of the molecule is CO[C@H]1CN(C(=O)OCc2ccccc2)C[C@@H]1Oc1cccc(CSC(C)=O)c1. The van der Waals surface area contributed by atoms with E-state index in [0.29, 0.717) is 24.6 Å². The van der Waals surface area contributed by atoms with E-state index in [-0.39, 0.29) is 30.0 Å². The molecule has 0 radical (unpaired) electrons. The summed E-state index contributed by atoms with van der Waals surface area (Å²) in [5, 5.41) is 0.0798. The Hall–Kier alpha value is -2.51. The minimum atomic E-state index is -0.381. The van der Waals surface area contributed by atoms with Crippen molar-refractivity contribution in [1.82, 2.24) is 4.90 Å². The fourth-order valence-corrected chi connectivity index (χ4v) is 3.66. The number of hydrogen-bond acceptors (Lipinski definition) is 6. The zero-order valence-corrected chi connectivity index (χ0v) is 17.4. The van der Waals surface area contributed by atoms with Gasteiger partial charge in [-0.1, -0.05) is 54.2 Å². The van der Waals surface area contributed by atoms with Crippen LogP contribution in [0.15, 0.2) is 54.6 Å². The van der Waals surface area contributed by atoms with Gasteiger partial charge in [0.1, 0.15) is 24.6 Å². The van der Waals surface area contributed by atoms with E-state index in [2.05, 4.69) is 0 Å². The van der Waals surface area contributed by atoms with E-state index in [9.17, 15) is 9.59 Å². The van der Waals surface area contributed by atoms with Gasteiger partial charge in [-0.3, -0.25) is 4.79 Å². The van der Waals surface area contributed by atoms with Crippen LogP contribution in [0.2, 0.25) is 0 Å². The number of amides is 1. The number of ether oxygens (including phenoxy) is 3. The number of hydrogen-bond donors (Lipinski definition) is 0. The average Bonchev–Trinajstić information content (AvgIpc) is 3.14. The lowest BCUT2D eigenvalue weighted by molar-refractivity contribution is -0.109. The van der Waals surface area contributed by atoms with E-state index in [4.69, 9.17) is 14.2 Å². The van der Waals surface area contributed by atoms with Crippen molar-refractivity contribution in [2.24, 2.45) is 0 Å². The molecule has 154 valence electrons. The molecule has 0 saturated carbocycles. The number of benzene rings is 2. The average molecular weight is 416 g/mol. The van der Waals surface area contributed by atoms with Crippen LogP contribution < -0.4 is 4.74 Å². The summed E-state index contributed by atoms with van der Waals surface area (Å²) in [5.41, 5.74) is 1.95. The van der Waals surface area contributed by atoms with Gasteiger partial charge in [-0.2, -0.15) is 0 Å². The van der Waals surface area contributed by atoms with Crippen molar-refractivity contribution in [3.63, 3.8) is 0 Å². The molecule has 0 aromatic heterocycles. The molecule has 0 aliphatic carbocycles. The van der Waals surface area contributed by atoms with Gasteiger partial charge in [0, 0.05) is 19.8 Å². The van der Waals surface area contributed by atoms with Gasteiger partial charge in [-0.05, 0) is 23.3 Å². The minimum absolute atomic E-state index is 0.0798. The minimum Gasteiger partial charge on any atom is -0.486 e. The number of carbonyl (C=O) groups excluding carboxylic acids is 2. The van der Waals surface area contributed by atoms with Gasteiger partial charge in [0.25, 0.3) is 0 Å². The number of likely N-dealkylation sites (tertiary alicyclic amines) is 1. The number of carbonyl (C=O) groups is 2. The highest BCUT2D eigenvalue weighted by atomic mass is 32.2. The maximum atomic E-state index is 12.4. The summed E-state index contributed by atoms with van der Waals surface area (Å²) < 4.78 is 17.0. The molecule has 0 bridgehead atoms. The summed E-state index contributed by atoms with van der Waals surface area (Å²) in [6.07, 6.45) is -0.914. The highest BCUT2D eigenvalue weighted by molar-refractivity contribution is 8.12. The second-order valence-corrected chi connectivity index (χ2v) is 7.96. The predicted molar refractivity (Wildman–Crippen MR) is 112 cm³/mol. The number of methoxy groups -OCH3 is 1. The van der Waals surface area contributed by atoms with Crippen LogP contribution >= 0.6 is 11.8 Å². The third-order valence-electron chi connectivity index (χ3n) is 4.61. The number of nitrogens with zero attached hydrogens (tertiary/aromatic N) is 1. The van der Waals surface area contributed by atoms with Crippen molar-refractivity contribution < 1.29 is 23.8 Å². The first-order valence-electron chi connectivity index (χ1n) is 9.42. The second kappa shape index (κ2) is 10.3. The Morgan fingerprint density at radius 1 is 1.03 bits per heavy atom. The van der Waals surface area contributed by atoms with E-state index in [1.807, 2.05) is 54.6 Å². The summed E-state index contributed by atoms with van der Waals surface area (Å²) in [4.78, 5) is 25.2. The van der Waals surface area contributed by atoms with E-state index in [0.717, 1.165) is 11.1 Å². The van der Waals surface area contributed by atoms with E-state index in [1.165, 1.54) is 11.8 Å². The van der Waals surface area contributed by atoms with Gasteiger partial charge in [-0.15, -0.1) is 0 Å². The third kappa shape index (κ3) is 6.24. The Morgan fingerprint density at radius 3 is 2.48 bits per heavy atom. The molecule has 0 N–H and O–H groups in total. The fraction of sp³-hybridized carbons (Fsp3) is 0.364. The van der Waals surface area contributed by atoms with Crippen LogP contribution in [0.3, 0.4) is 0 Å². The normalized spacial score (nSPS) is 18.5. The van der Waals surface area contributed by atoms with Crippen molar-refractivity contribution in [3.8, 4) is 5.75 Å². The largest absolute Gasteiger partial charge is 0.486 e. The Bertz CT molecular complexity index is 829. The van der Waals surface area contributed by atoms with Gasteiger partial charge in [0.05, 0.1) is 13.1 Å². The van der Waals surface area contributed by atoms with E-state index < -0.39 is 0 Å². The standard InChI is InChI=1S/C22H25NO5S/c1-16(24)29-15-18-9-6-10-19(11-18)28-21-13-23(12-20(21)26-2)22(25)27-14-17-7-4-3-5-8-17/h3-11,20-21H,12-15H2,1-2H3/t20-,21-/m0/s1. The van der Waals surface area contributed by atoms with Gasteiger partial charge in [0.2, 0.25) is 0 Å². The summed E-state index contributed by atoms with van der Waals surface area (Å²) in [6, 6.07) is 17.2. The van der Waals surface area contributed by atoms with E-state index >= 15 is 0 Å². The molecule has 1 fully saturated rings. The zero-order chi connectivity index (χ0) is 20.6. The molecule has 0 unspecified atom stereocenters. The maximum absolute atomic E-state index is 12.4. The van der Waals surface area contributed by atoms with Gasteiger partial charge in [0.15, 0.2) is 5.12 Å². The number of rotatable bonds is 7. The Morgan fingerprint density at radius 2 is 1.76 bits per heavy atom. The quantitative estimate of drug-likeness (QED) is 0.684. The summed E-state index contributed by atoms with van der Waals surface area (Å²) >= 11 is 1.26. The van der Waals surface area contributed by atoms with Gasteiger partial charge < -0.3 is 19.1 Å². The Kier molecular flexibility index (Phi) is 7.55. The molecule has 0 spiro atoms. The lowest BCUT2D eigenvalue weighted by atomic mass is 10.2. The van der Waals surface area contributed by atoms with E-state index in [1.54, 1.807) is 18.9 Å².